The molecule has 2 atom stereocenters. The quantitative estimate of drug-likeness (QED) is 0.926. The van der Waals surface area contributed by atoms with Gasteiger partial charge in [-0.2, -0.15) is 0 Å². The van der Waals surface area contributed by atoms with E-state index in [-0.39, 0.29) is 11.8 Å². The second kappa shape index (κ2) is 6.08. The highest BCUT2D eigenvalue weighted by Crippen LogP contribution is 2.36. The highest BCUT2D eigenvalue weighted by molar-refractivity contribution is 5.93. The zero-order chi connectivity index (χ0) is 15.7. The number of amides is 2. The van der Waals surface area contributed by atoms with E-state index in [0.717, 1.165) is 23.8 Å². The lowest BCUT2D eigenvalue weighted by molar-refractivity contribution is -0.118. The average molecular weight is 301 g/mol. The molecule has 0 spiro atoms. The molecule has 1 N–H and O–H groups in total. The summed E-state index contributed by atoms with van der Waals surface area (Å²) in [6.45, 7) is 3.08. The Morgan fingerprint density at radius 2 is 2.00 bits per heavy atom. The number of nitrogens with one attached hydrogen (secondary N) is 1. The summed E-state index contributed by atoms with van der Waals surface area (Å²) >= 11 is 0. The molecule has 5 nitrogen and oxygen atoms in total. The topological polar surface area (TPSA) is 52.7 Å². The molecule has 2 bridgehead atoms. The van der Waals surface area contributed by atoms with Gasteiger partial charge in [0.25, 0.3) is 0 Å². The molecule has 22 heavy (non-hydrogen) atoms. The molecular formula is C17H23N3O2. The van der Waals surface area contributed by atoms with E-state index < -0.39 is 0 Å². The monoisotopic (exact) mass is 301 g/mol. The van der Waals surface area contributed by atoms with Crippen molar-refractivity contribution in [2.75, 3.05) is 30.4 Å². The van der Waals surface area contributed by atoms with Gasteiger partial charge in [0.05, 0.1) is 6.54 Å². The van der Waals surface area contributed by atoms with E-state index in [9.17, 15) is 9.59 Å². The normalized spacial score (nSPS) is 23.5. The number of rotatable bonds is 4. The molecule has 1 saturated heterocycles. The van der Waals surface area contributed by atoms with Crippen LogP contribution in [0.5, 0.6) is 0 Å². The van der Waals surface area contributed by atoms with Gasteiger partial charge in [0.2, 0.25) is 11.8 Å². The van der Waals surface area contributed by atoms with E-state index in [1.807, 2.05) is 24.3 Å². The van der Waals surface area contributed by atoms with Crippen LogP contribution in [0.1, 0.15) is 26.2 Å². The van der Waals surface area contributed by atoms with Gasteiger partial charge in [-0.25, -0.2) is 0 Å². The molecule has 118 valence electrons. The van der Waals surface area contributed by atoms with Gasteiger partial charge in [-0.1, -0.05) is 0 Å². The standard InChI is InChI=1S/C17H23N3O2/c1-12(21)19(2)15-7-4-14(5-8-15)18-17(22)11-20-10-13-3-6-16(20)9-13/h4-5,7-8,13,16H,3,6,9-11H2,1-2H3,(H,18,22)/t13-,16-/m0/s1. The van der Waals surface area contributed by atoms with Gasteiger partial charge in [0, 0.05) is 37.9 Å². The van der Waals surface area contributed by atoms with Crippen LogP contribution in [0.25, 0.3) is 0 Å². The SMILES string of the molecule is CC(=O)N(C)c1ccc(NC(=O)CN2C[C@H]3CC[C@H]2C3)cc1. The number of anilines is 2. The van der Waals surface area contributed by atoms with Crippen molar-refractivity contribution in [3.05, 3.63) is 24.3 Å². The lowest BCUT2D eigenvalue weighted by atomic mass is 10.1. The highest BCUT2D eigenvalue weighted by Gasteiger charge is 2.38. The van der Waals surface area contributed by atoms with Gasteiger partial charge >= 0.3 is 0 Å². The van der Waals surface area contributed by atoms with Crippen molar-refractivity contribution in [3.63, 3.8) is 0 Å². The van der Waals surface area contributed by atoms with Crippen LogP contribution in [-0.4, -0.2) is 42.9 Å². The number of nitrogens with zero attached hydrogens (tertiary/aromatic N) is 2. The van der Waals surface area contributed by atoms with Crippen molar-refractivity contribution in [1.82, 2.24) is 4.90 Å². The van der Waals surface area contributed by atoms with Crippen molar-refractivity contribution in [1.29, 1.82) is 0 Å². The highest BCUT2D eigenvalue weighted by atomic mass is 16.2. The number of hydrogen-bond donors (Lipinski definition) is 1. The minimum Gasteiger partial charge on any atom is -0.325 e. The van der Waals surface area contributed by atoms with E-state index in [1.54, 1.807) is 11.9 Å². The van der Waals surface area contributed by atoms with Gasteiger partial charge in [-0.3, -0.25) is 14.5 Å². The maximum atomic E-state index is 12.2. The molecule has 0 radical (unpaired) electrons. The number of benzene rings is 1. The van der Waals surface area contributed by atoms with Gasteiger partial charge in [0.15, 0.2) is 0 Å². The molecule has 1 aliphatic heterocycles. The largest absolute Gasteiger partial charge is 0.325 e. The molecule has 1 aromatic carbocycles. The third-order valence-corrected chi connectivity index (χ3v) is 4.88. The molecule has 1 heterocycles. The molecule has 2 fully saturated rings. The van der Waals surface area contributed by atoms with Crippen LogP contribution in [0.4, 0.5) is 11.4 Å². The van der Waals surface area contributed by atoms with Crippen molar-refractivity contribution >= 4 is 23.2 Å². The summed E-state index contributed by atoms with van der Waals surface area (Å²) in [6.07, 6.45) is 3.83. The summed E-state index contributed by atoms with van der Waals surface area (Å²) in [5.41, 5.74) is 1.59. The number of likely N-dealkylation sites (tertiary alicyclic amines) is 1. The van der Waals surface area contributed by atoms with E-state index in [1.165, 1.54) is 26.2 Å². The molecule has 1 aliphatic carbocycles. The van der Waals surface area contributed by atoms with Crippen molar-refractivity contribution in [2.45, 2.75) is 32.2 Å². The number of fused-ring (bicyclic) bond motifs is 2. The Bertz CT molecular complexity index is 570. The minimum atomic E-state index is -0.0131. The number of carbonyl (C=O) groups excluding carboxylic acids is 2. The number of carbonyl (C=O) groups is 2. The fraction of sp³-hybridized carbons (Fsp3) is 0.529. The van der Waals surface area contributed by atoms with E-state index in [0.29, 0.717) is 12.6 Å². The average Bonchev–Trinajstić information content (AvgIpc) is 3.09. The third kappa shape index (κ3) is 3.14. The van der Waals surface area contributed by atoms with Crippen LogP contribution < -0.4 is 10.2 Å². The Labute approximate surface area is 131 Å². The van der Waals surface area contributed by atoms with Crippen molar-refractivity contribution in [2.24, 2.45) is 5.92 Å². The van der Waals surface area contributed by atoms with Crippen LogP contribution in [-0.2, 0) is 9.59 Å². The lowest BCUT2D eigenvalue weighted by Gasteiger charge is -2.25. The number of hydrogen-bond acceptors (Lipinski definition) is 3. The molecule has 2 aliphatic rings. The molecule has 5 heteroatoms. The Hall–Kier alpha value is -1.88. The van der Waals surface area contributed by atoms with Crippen molar-refractivity contribution in [3.8, 4) is 0 Å². The van der Waals surface area contributed by atoms with E-state index in [4.69, 9.17) is 0 Å². The fourth-order valence-electron chi connectivity index (χ4n) is 3.56. The predicted molar refractivity (Wildman–Crippen MR) is 86.9 cm³/mol. The summed E-state index contributed by atoms with van der Waals surface area (Å²) < 4.78 is 0. The summed E-state index contributed by atoms with van der Waals surface area (Å²) in [6, 6.07) is 7.97. The first-order valence-electron chi connectivity index (χ1n) is 7.91. The molecule has 0 aromatic heterocycles. The first kappa shape index (κ1) is 15.0. The van der Waals surface area contributed by atoms with Gasteiger partial charge in [-0.15, -0.1) is 0 Å². The van der Waals surface area contributed by atoms with Crippen molar-refractivity contribution < 1.29 is 9.59 Å². The maximum absolute atomic E-state index is 12.2. The summed E-state index contributed by atoms with van der Waals surface area (Å²) in [5.74, 6) is 0.834. The second-order valence-corrected chi connectivity index (χ2v) is 6.44. The van der Waals surface area contributed by atoms with Gasteiger partial charge in [0.1, 0.15) is 0 Å². The van der Waals surface area contributed by atoms with E-state index >= 15 is 0 Å². The van der Waals surface area contributed by atoms with Gasteiger partial charge in [-0.05, 0) is 49.4 Å². The summed E-state index contributed by atoms with van der Waals surface area (Å²) in [7, 11) is 1.73. The van der Waals surface area contributed by atoms with Crippen LogP contribution in [0, 0.1) is 5.92 Å². The van der Waals surface area contributed by atoms with Crippen LogP contribution in [0.3, 0.4) is 0 Å². The first-order valence-corrected chi connectivity index (χ1v) is 7.91. The summed E-state index contributed by atoms with van der Waals surface area (Å²) in [4.78, 5) is 27.4. The molecule has 1 saturated carbocycles. The molecular weight excluding hydrogens is 278 g/mol. The fourth-order valence-corrected chi connectivity index (χ4v) is 3.56. The third-order valence-electron chi connectivity index (χ3n) is 4.88. The lowest BCUT2D eigenvalue weighted by Crippen LogP contribution is -2.38. The molecule has 3 rings (SSSR count). The molecule has 0 unspecified atom stereocenters. The number of piperidine rings is 1. The second-order valence-electron chi connectivity index (χ2n) is 6.44. The van der Waals surface area contributed by atoms with Crippen LogP contribution in [0.15, 0.2) is 24.3 Å². The van der Waals surface area contributed by atoms with E-state index in [2.05, 4.69) is 10.2 Å². The molecule has 1 aromatic rings. The zero-order valence-corrected chi connectivity index (χ0v) is 13.2. The Morgan fingerprint density at radius 3 is 2.55 bits per heavy atom. The zero-order valence-electron chi connectivity index (χ0n) is 13.2. The minimum absolute atomic E-state index is 0.0131. The Kier molecular flexibility index (Phi) is 4.16. The maximum Gasteiger partial charge on any atom is 0.238 e. The van der Waals surface area contributed by atoms with Crippen LogP contribution >= 0.6 is 0 Å². The predicted octanol–water partition coefficient (Wildman–Crippen LogP) is 2.09. The van der Waals surface area contributed by atoms with Gasteiger partial charge < -0.3 is 10.2 Å². The summed E-state index contributed by atoms with van der Waals surface area (Å²) in [5, 5.41) is 2.94. The first-order chi connectivity index (χ1) is 10.5. The Balaban J connectivity index is 1.54. The van der Waals surface area contributed by atoms with Crippen LogP contribution in [0.2, 0.25) is 0 Å². The molecule has 2 amide bonds. The Morgan fingerprint density at radius 1 is 1.27 bits per heavy atom. The smallest absolute Gasteiger partial charge is 0.238 e.